The van der Waals surface area contributed by atoms with Crippen LogP contribution in [0.15, 0.2) is 60.7 Å². The van der Waals surface area contributed by atoms with E-state index in [-0.39, 0.29) is 12.5 Å². The molecule has 0 bridgehead atoms. The maximum Gasteiger partial charge on any atom is 0.337 e. The van der Waals surface area contributed by atoms with Crippen molar-refractivity contribution in [3.63, 3.8) is 0 Å². The fraction of sp³-hybridized carbons (Fsp3) is 0.143. The van der Waals surface area contributed by atoms with Gasteiger partial charge in [0.25, 0.3) is 5.91 Å². The summed E-state index contributed by atoms with van der Waals surface area (Å²) in [4.78, 5) is 23.8. The van der Waals surface area contributed by atoms with Crippen LogP contribution >= 0.6 is 0 Å². The molecule has 5 nitrogen and oxygen atoms in total. The lowest BCUT2D eigenvalue weighted by Gasteiger charge is -2.11. The van der Waals surface area contributed by atoms with Gasteiger partial charge in [0, 0.05) is 5.69 Å². The average molecular weight is 349 g/mol. The van der Waals surface area contributed by atoms with Crippen molar-refractivity contribution in [3.8, 4) is 5.75 Å². The quantitative estimate of drug-likeness (QED) is 0.708. The molecule has 0 atom stereocenters. The Morgan fingerprint density at radius 1 is 0.962 bits per heavy atom. The van der Waals surface area contributed by atoms with Gasteiger partial charge in [0.15, 0.2) is 6.61 Å². The van der Waals surface area contributed by atoms with Crippen molar-refractivity contribution in [2.75, 3.05) is 19.0 Å². The van der Waals surface area contributed by atoms with Crippen molar-refractivity contribution >= 4 is 28.3 Å². The topological polar surface area (TPSA) is 64.6 Å². The summed E-state index contributed by atoms with van der Waals surface area (Å²) in [5, 5.41) is 4.92. The number of hydrogen-bond donors (Lipinski definition) is 1. The van der Waals surface area contributed by atoms with Gasteiger partial charge < -0.3 is 14.8 Å². The van der Waals surface area contributed by atoms with Crippen LogP contribution in [-0.2, 0) is 9.53 Å². The minimum Gasteiger partial charge on any atom is -0.484 e. The standard InChI is InChI=1S/C21H19NO4/c1-14-7-8-17(21(24)25-2)12-19(14)22-20(23)13-26-18-10-9-15-5-3-4-6-16(15)11-18/h3-12H,13H2,1-2H3,(H,22,23). The average Bonchev–Trinajstić information content (AvgIpc) is 2.67. The monoisotopic (exact) mass is 349 g/mol. The highest BCUT2D eigenvalue weighted by atomic mass is 16.5. The molecular weight excluding hydrogens is 330 g/mol. The summed E-state index contributed by atoms with van der Waals surface area (Å²) in [6.45, 7) is 1.72. The molecule has 1 N–H and O–H groups in total. The van der Waals surface area contributed by atoms with Gasteiger partial charge >= 0.3 is 5.97 Å². The Kier molecular flexibility index (Phi) is 5.17. The van der Waals surface area contributed by atoms with E-state index in [1.54, 1.807) is 18.2 Å². The van der Waals surface area contributed by atoms with Crippen molar-refractivity contribution in [1.29, 1.82) is 0 Å². The summed E-state index contributed by atoms with van der Waals surface area (Å²) < 4.78 is 10.3. The summed E-state index contributed by atoms with van der Waals surface area (Å²) in [6.07, 6.45) is 0. The van der Waals surface area contributed by atoms with E-state index < -0.39 is 5.97 Å². The third-order valence-electron chi connectivity index (χ3n) is 4.02. The second kappa shape index (κ2) is 7.70. The van der Waals surface area contributed by atoms with Gasteiger partial charge in [-0.2, -0.15) is 0 Å². The van der Waals surface area contributed by atoms with Crippen LogP contribution in [0.5, 0.6) is 5.75 Å². The van der Waals surface area contributed by atoms with E-state index in [2.05, 4.69) is 5.32 Å². The molecule has 0 aliphatic heterocycles. The molecule has 0 heterocycles. The molecule has 0 aliphatic carbocycles. The molecular formula is C21H19NO4. The van der Waals surface area contributed by atoms with Gasteiger partial charge in [-0.25, -0.2) is 4.79 Å². The summed E-state index contributed by atoms with van der Waals surface area (Å²) in [5.41, 5.74) is 1.78. The number of ether oxygens (including phenoxy) is 2. The molecule has 3 aromatic rings. The Morgan fingerprint density at radius 2 is 1.73 bits per heavy atom. The molecule has 0 saturated carbocycles. The molecule has 0 radical (unpaired) electrons. The predicted octanol–water partition coefficient (Wildman–Crippen LogP) is 3.95. The largest absolute Gasteiger partial charge is 0.484 e. The molecule has 0 unspecified atom stereocenters. The first kappa shape index (κ1) is 17.5. The van der Waals surface area contributed by atoms with E-state index in [1.807, 2.05) is 49.4 Å². The fourth-order valence-corrected chi connectivity index (χ4v) is 2.59. The highest BCUT2D eigenvalue weighted by Gasteiger charge is 2.11. The summed E-state index contributed by atoms with van der Waals surface area (Å²) in [5.74, 6) is -0.130. The number of amides is 1. The molecule has 26 heavy (non-hydrogen) atoms. The smallest absolute Gasteiger partial charge is 0.337 e. The normalized spacial score (nSPS) is 10.4. The number of rotatable bonds is 5. The molecule has 3 aromatic carbocycles. The van der Waals surface area contributed by atoms with Gasteiger partial charge in [-0.05, 0) is 47.5 Å². The van der Waals surface area contributed by atoms with Crippen LogP contribution in [0.4, 0.5) is 5.69 Å². The zero-order valence-electron chi connectivity index (χ0n) is 14.6. The molecule has 132 valence electrons. The van der Waals surface area contributed by atoms with Crippen molar-refractivity contribution in [3.05, 3.63) is 71.8 Å². The zero-order chi connectivity index (χ0) is 18.5. The number of esters is 1. The molecule has 3 rings (SSSR count). The van der Waals surface area contributed by atoms with E-state index in [1.165, 1.54) is 7.11 Å². The number of fused-ring (bicyclic) bond motifs is 1. The minimum absolute atomic E-state index is 0.125. The van der Waals surface area contributed by atoms with Crippen LogP contribution in [0.2, 0.25) is 0 Å². The van der Waals surface area contributed by atoms with Gasteiger partial charge in [0.1, 0.15) is 5.75 Å². The Morgan fingerprint density at radius 3 is 2.50 bits per heavy atom. The fourth-order valence-electron chi connectivity index (χ4n) is 2.59. The van der Waals surface area contributed by atoms with Crippen molar-refractivity contribution in [2.24, 2.45) is 0 Å². The summed E-state index contributed by atoms with van der Waals surface area (Å²) in [6, 6.07) is 18.6. The van der Waals surface area contributed by atoms with Crippen molar-refractivity contribution < 1.29 is 19.1 Å². The summed E-state index contributed by atoms with van der Waals surface area (Å²) in [7, 11) is 1.32. The number of nitrogens with one attached hydrogen (secondary N) is 1. The second-order valence-corrected chi connectivity index (χ2v) is 5.87. The third kappa shape index (κ3) is 4.00. The highest BCUT2D eigenvalue weighted by Crippen LogP contribution is 2.21. The maximum atomic E-state index is 12.2. The molecule has 0 fully saturated rings. The SMILES string of the molecule is COC(=O)c1ccc(C)c(NC(=O)COc2ccc3ccccc3c2)c1. The second-order valence-electron chi connectivity index (χ2n) is 5.87. The van der Waals surface area contributed by atoms with Crippen LogP contribution in [0.25, 0.3) is 10.8 Å². The Labute approximate surface area is 151 Å². The molecule has 1 amide bonds. The van der Waals surface area contributed by atoms with Crippen LogP contribution in [0.1, 0.15) is 15.9 Å². The first-order valence-electron chi connectivity index (χ1n) is 8.17. The third-order valence-corrected chi connectivity index (χ3v) is 4.02. The van der Waals surface area contributed by atoms with Crippen LogP contribution in [0, 0.1) is 6.92 Å². The van der Waals surface area contributed by atoms with E-state index in [0.29, 0.717) is 17.0 Å². The zero-order valence-corrected chi connectivity index (χ0v) is 14.6. The highest BCUT2D eigenvalue weighted by molar-refractivity contribution is 5.96. The van der Waals surface area contributed by atoms with E-state index in [4.69, 9.17) is 9.47 Å². The number of hydrogen-bond acceptors (Lipinski definition) is 4. The van der Waals surface area contributed by atoms with Crippen LogP contribution in [-0.4, -0.2) is 25.6 Å². The Balaban J connectivity index is 1.66. The van der Waals surface area contributed by atoms with Crippen LogP contribution < -0.4 is 10.1 Å². The summed E-state index contributed by atoms with van der Waals surface area (Å²) >= 11 is 0. The van der Waals surface area contributed by atoms with Crippen molar-refractivity contribution in [2.45, 2.75) is 6.92 Å². The number of anilines is 1. The molecule has 5 heteroatoms. The van der Waals surface area contributed by atoms with Gasteiger partial charge in [-0.3, -0.25) is 4.79 Å². The lowest BCUT2D eigenvalue weighted by atomic mass is 10.1. The molecule has 0 saturated heterocycles. The first-order valence-corrected chi connectivity index (χ1v) is 8.17. The van der Waals surface area contributed by atoms with E-state index in [9.17, 15) is 9.59 Å². The van der Waals surface area contributed by atoms with Gasteiger partial charge in [0.05, 0.1) is 12.7 Å². The number of aryl methyl sites for hydroxylation is 1. The van der Waals surface area contributed by atoms with Gasteiger partial charge in [-0.15, -0.1) is 0 Å². The molecule has 0 aliphatic rings. The molecule has 0 aromatic heterocycles. The van der Waals surface area contributed by atoms with E-state index in [0.717, 1.165) is 16.3 Å². The Hall–Kier alpha value is -3.34. The maximum absolute atomic E-state index is 12.2. The predicted molar refractivity (Wildman–Crippen MR) is 101 cm³/mol. The van der Waals surface area contributed by atoms with Gasteiger partial charge in [-0.1, -0.05) is 36.4 Å². The van der Waals surface area contributed by atoms with Crippen LogP contribution in [0.3, 0.4) is 0 Å². The number of methoxy groups -OCH3 is 1. The first-order chi connectivity index (χ1) is 12.6. The number of carbonyl (C=O) groups is 2. The number of carbonyl (C=O) groups excluding carboxylic acids is 2. The Bertz CT molecular complexity index is 965. The van der Waals surface area contributed by atoms with E-state index >= 15 is 0 Å². The van der Waals surface area contributed by atoms with Gasteiger partial charge in [0.2, 0.25) is 0 Å². The lowest BCUT2D eigenvalue weighted by Crippen LogP contribution is -2.21. The van der Waals surface area contributed by atoms with Crippen molar-refractivity contribution in [1.82, 2.24) is 0 Å². The minimum atomic E-state index is -0.451. The lowest BCUT2D eigenvalue weighted by molar-refractivity contribution is -0.118. The number of benzene rings is 3. The molecule has 0 spiro atoms.